The molecule has 1 aromatic rings. The molecule has 0 saturated carbocycles. The third kappa shape index (κ3) is 7.36. The summed E-state index contributed by atoms with van der Waals surface area (Å²) in [5.41, 5.74) is 0. The van der Waals surface area contributed by atoms with E-state index in [0.29, 0.717) is 0 Å². The van der Waals surface area contributed by atoms with Gasteiger partial charge in [-0.15, -0.1) is 0 Å². The zero-order chi connectivity index (χ0) is 15.6. The van der Waals surface area contributed by atoms with Crippen LogP contribution in [0.3, 0.4) is 0 Å². The molecule has 0 bridgehead atoms. The number of aryl methyl sites for hydroxylation is 1. The molecule has 0 spiro atoms. The maximum atomic E-state index is 2.78. The van der Waals surface area contributed by atoms with Crippen molar-refractivity contribution in [2.24, 2.45) is 0 Å². The molecule has 1 rings (SSSR count). The number of unbranched alkanes of at least 4 members (excludes halogenated alkanes) is 3. The molecule has 0 unspecified atom stereocenters. The molecule has 0 atom stereocenters. The van der Waals surface area contributed by atoms with Crippen LogP contribution in [0.15, 0.2) is 16.2 Å². The number of rotatable bonds is 11. The first-order valence-corrected chi connectivity index (χ1v) is 17.4. The molecule has 0 aliphatic heterocycles. The molecule has 0 aliphatic rings. The maximum absolute atomic E-state index is 2.78. The fourth-order valence-corrected chi connectivity index (χ4v) is 18.3. The summed E-state index contributed by atoms with van der Waals surface area (Å²) in [6.07, 6.45) is 11.0. The summed E-state index contributed by atoms with van der Waals surface area (Å²) in [5.74, 6) is 0. The Bertz CT molecular complexity index is 384. The summed E-state index contributed by atoms with van der Waals surface area (Å²) in [4.78, 5) is 2.91. The van der Waals surface area contributed by atoms with Crippen molar-refractivity contribution in [3.8, 4) is 0 Å². The van der Waals surface area contributed by atoms with Crippen LogP contribution in [0.25, 0.3) is 6.08 Å². The molecular weight excluding hydrogens is 379 g/mol. The van der Waals surface area contributed by atoms with Gasteiger partial charge in [-0.2, -0.15) is 0 Å². The molecule has 0 nitrogen and oxygen atoms in total. The van der Waals surface area contributed by atoms with E-state index in [2.05, 4.69) is 50.0 Å². The Hall–Kier alpha value is 0.239. The summed E-state index contributed by atoms with van der Waals surface area (Å²) in [5, 5.41) is 0. The van der Waals surface area contributed by atoms with E-state index >= 15 is 0 Å². The van der Waals surface area contributed by atoms with Crippen LogP contribution in [0.2, 0.25) is 13.3 Å². The zero-order valence-electron chi connectivity index (χ0n) is 14.6. The first kappa shape index (κ1) is 19.3. The van der Waals surface area contributed by atoms with Gasteiger partial charge in [0.05, 0.1) is 0 Å². The zero-order valence-corrected chi connectivity index (χ0v) is 18.3. The minimum absolute atomic E-state index is 1.36. The normalized spacial score (nSPS) is 12.4. The predicted molar refractivity (Wildman–Crippen MR) is 103 cm³/mol. The Labute approximate surface area is 140 Å². The van der Waals surface area contributed by atoms with E-state index in [0.717, 1.165) is 0 Å². The van der Waals surface area contributed by atoms with Crippen molar-refractivity contribution in [1.82, 2.24) is 0 Å². The summed E-state index contributed by atoms with van der Waals surface area (Å²) < 4.78 is 7.51. The SMILES string of the molecule is CCC[CH2][Sn](/[CH]=C/c1ccc(C)s1)([CH2]CCC)[CH2]CCC. The van der Waals surface area contributed by atoms with E-state index in [1.165, 1.54) is 48.3 Å². The molecular formula is C19H34SSn. The van der Waals surface area contributed by atoms with Crippen molar-refractivity contribution in [3.63, 3.8) is 0 Å². The average molecular weight is 413 g/mol. The molecule has 0 fully saturated rings. The van der Waals surface area contributed by atoms with Crippen molar-refractivity contribution in [1.29, 1.82) is 0 Å². The molecule has 2 heteroatoms. The molecule has 0 amide bonds. The standard InChI is InChI=1S/C7H7S.3C4H9.Sn/c1-3-7-5-4-6(2)8-7;3*1-3-4-2;/h1,3-5H,2H3;3*1,3-4H2,2H3;. The molecule has 1 heterocycles. The fraction of sp³-hybridized carbons (Fsp3) is 0.684. The molecule has 0 saturated heterocycles. The number of hydrogen-bond donors (Lipinski definition) is 0. The monoisotopic (exact) mass is 414 g/mol. The number of thiophene rings is 1. The van der Waals surface area contributed by atoms with Gasteiger partial charge in [0.25, 0.3) is 0 Å². The predicted octanol–water partition coefficient (Wildman–Crippen LogP) is 7.46. The van der Waals surface area contributed by atoms with Crippen LogP contribution in [-0.4, -0.2) is 18.4 Å². The van der Waals surface area contributed by atoms with Gasteiger partial charge >= 0.3 is 141 Å². The minimum atomic E-state index is -2.05. The topological polar surface area (TPSA) is 0 Å². The molecule has 0 aliphatic carbocycles. The van der Waals surface area contributed by atoms with Crippen molar-refractivity contribution in [2.75, 3.05) is 0 Å². The van der Waals surface area contributed by atoms with E-state index in [-0.39, 0.29) is 0 Å². The van der Waals surface area contributed by atoms with Gasteiger partial charge in [-0.3, -0.25) is 0 Å². The Balaban J connectivity index is 2.85. The van der Waals surface area contributed by atoms with Crippen LogP contribution in [0.5, 0.6) is 0 Å². The van der Waals surface area contributed by atoms with Gasteiger partial charge in [-0.05, 0) is 0 Å². The first-order chi connectivity index (χ1) is 10.2. The molecule has 21 heavy (non-hydrogen) atoms. The second kappa shape index (κ2) is 10.9. The molecule has 120 valence electrons. The van der Waals surface area contributed by atoms with Crippen molar-refractivity contribution in [3.05, 3.63) is 26.0 Å². The number of hydrogen-bond acceptors (Lipinski definition) is 1. The van der Waals surface area contributed by atoms with E-state index < -0.39 is 18.4 Å². The molecule has 1 aromatic heterocycles. The summed E-state index contributed by atoms with van der Waals surface area (Å²) in [6.45, 7) is 9.26. The Kier molecular flexibility index (Phi) is 9.99. The molecule has 0 radical (unpaired) electrons. The van der Waals surface area contributed by atoms with E-state index in [4.69, 9.17) is 0 Å². The summed E-state index contributed by atoms with van der Waals surface area (Å²) in [7, 11) is 0. The average Bonchev–Trinajstić information content (AvgIpc) is 2.91. The van der Waals surface area contributed by atoms with E-state index in [1.54, 1.807) is 13.3 Å². The van der Waals surface area contributed by atoms with Crippen LogP contribution >= 0.6 is 11.3 Å². The van der Waals surface area contributed by atoms with Crippen LogP contribution in [0, 0.1) is 6.92 Å². The van der Waals surface area contributed by atoms with Gasteiger partial charge in [-0.1, -0.05) is 0 Å². The van der Waals surface area contributed by atoms with Gasteiger partial charge in [0.15, 0.2) is 0 Å². The van der Waals surface area contributed by atoms with Crippen molar-refractivity contribution < 1.29 is 0 Å². The summed E-state index contributed by atoms with van der Waals surface area (Å²) in [6, 6.07) is 4.55. The third-order valence-corrected chi connectivity index (χ3v) is 19.5. The summed E-state index contributed by atoms with van der Waals surface area (Å²) >= 11 is -0.104. The second-order valence-corrected chi connectivity index (χ2v) is 20.8. The molecule has 0 aromatic carbocycles. The van der Waals surface area contributed by atoms with E-state index in [9.17, 15) is 0 Å². The van der Waals surface area contributed by atoms with Gasteiger partial charge in [-0.25, -0.2) is 0 Å². The van der Waals surface area contributed by atoms with Gasteiger partial charge in [0.1, 0.15) is 0 Å². The van der Waals surface area contributed by atoms with Gasteiger partial charge in [0, 0.05) is 0 Å². The van der Waals surface area contributed by atoms with Crippen LogP contribution < -0.4 is 0 Å². The molecule has 0 N–H and O–H groups in total. The van der Waals surface area contributed by atoms with Gasteiger partial charge in [0.2, 0.25) is 0 Å². The Morgan fingerprint density at radius 2 is 1.43 bits per heavy atom. The Morgan fingerprint density at radius 3 is 1.81 bits per heavy atom. The second-order valence-electron chi connectivity index (χ2n) is 6.45. The van der Waals surface area contributed by atoms with Crippen molar-refractivity contribution in [2.45, 2.75) is 79.5 Å². The van der Waals surface area contributed by atoms with Crippen LogP contribution in [0.4, 0.5) is 0 Å². The third-order valence-electron chi connectivity index (χ3n) is 4.45. The fourth-order valence-electron chi connectivity index (χ4n) is 3.01. The quantitative estimate of drug-likeness (QED) is 0.331. The van der Waals surface area contributed by atoms with Crippen LogP contribution in [-0.2, 0) is 0 Å². The first-order valence-electron chi connectivity index (χ1n) is 8.91. The van der Waals surface area contributed by atoms with Crippen LogP contribution in [0.1, 0.15) is 69.1 Å². The van der Waals surface area contributed by atoms with E-state index in [1.807, 2.05) is 11.3 Å². The van der Waals surface area contributed by atoms with Gasteiger partial charge < -0.3 is 0 Å². The van der Waals surface area contributed by atoms with Crippen molar-refractivity contribution >= 4 is 35.8 Å². The Morgan fingerprint density at radius 1 is 0.905 bits per heavy atom.